The Morgan fingerprint density at radius 1 is 1.00 bits per heavy atom. The molecule has 3 aliphatic rings. The second-order valence-electron chi connectivity index (χ2n) is 7.47. The van der Waals surface area contributed by atoms with Gasteiger partial charge in [-0.25, -0.2) is 0 Å². The van der Waals surface area contributed by atoms with E-state index < -0.39 is 0 Å². The molecule has 2 aromatic heterocycles. The Hall–Kier alpha value is -1.69. The van der Waals surface area contributed by atoms with Crippen LogP contribution < -0.4 is 4.90 Å². The summed E-state index contributed by atoms with van der Waals surface area (Å²) in [6, 6.07) is 4.97. The topological polar surface area (TPSA) is 49.6 Å². The Bertz CT molecular complexity index is 717. The van der Waals surface area contributed by atoms with Crippen molar-refractivity contribution in [2.24, 2.45) is 11.8 Å². The summed E-state index contributed by atoms with van der Waals surface area (Å²) in [5, 5.41) is 12.9. The molecule has 2 saturated carbocycles. The smallest absolute Gasteiger partial charge is 0.178 e. The molecule has 0 N–H and O–H groups in total. The lowest BCUT2D eigenvalue weighted by Crippen LogP contribution is -2.52. The van der Waals surface area contributed by atoms with Gasteiger partial charge in [-0.1, -0.05) is 6.42 Å². The van der Waals surface area contributed by atoms with Gasteiger partial charge in [0, 0.05) is 32.2 Å². The lowest BCUT2D eigenvalue weighted by atomic mass is 9.93. The van der Waals surface area contributed by atoms with Crippen LogP contribution in [0.25, 0.3) is 5.65 Å². The van der Waals surface area contributed by atoms with Gasteiger partial charge < -0.3 is 4.90 Å². The minimum Gasteiger partial charge on any atom is -0.353 e. The lowest BCUT2D eigenvalue weighted by molar-refractivity contribution is 0.134. The maximum atomic E-state index is 4.72. The van der Waals surface area contributed by atoms with Crippen LogP contribution in [0, 0.1) is 18.8 Å². The fraction of sp³-hybridized carbons (Fsp3) is 0.706. The highest BCUT2D eigenvalue weighted by molar-refractivity contribution is 5.46. The fourth-order valence-electron chi connectivity index (χ4n) is 5.00. The van der Waals surface area contributed by atoms with Gasteiger partial charge in [-0.2, -0.15) is 4.52 Å². The summed E-state index contributed by atoms with van der Waals surface area (Å²) in [6.07, 6.45) is 5.91. The maximum absolute atomic E-state index is 4.72. The average molecular weight is 312 g/mol. The van der Waals surface area contributed by atoms with E-state index in [1.807, 2.05) is 17.5 Å². The van der Waals surface area contributed by atoms with Crippen molar-refractivity contribution in [3.8, 4) is 0 Å². The van der Waals surface area contributed by atoms with Crippen molar-refractivity contribution in [1.82, 2.24) is 24.7 Å². The van der Waals surface area contributed by atoms with Crippen LogP contribution in [0.3, 0.4) is 0 Å². The predicted molar refractivity (Wildman–Crippen MR) is 88.5 cm³/mol. The zero-order valence-corrected chi connectivity index (χ0v) is 13.7. The summed E-state index contributed by atoms with van der Waals surface area (Å²) in [5.74, 6) is 3.92. The average Bonchev–Trinajstić information content (AvgIpc) is 3.31. The number of nitrogens with zero attached hydrogens (tertiary/aromatic N) is 6. The van der Waals surface area contributed by atoms with E-state index in [9.17, 15) is 0 Å². The molecule has 6 nitrogen and oxygen atoms in total. The minimum atomic E-state index is 0.826. The van der Waals surface area contributed by atoms with Crippen molar-refractivity contribution in [2.45, 2.75) is 38.6 Å². The van der Waals surface area contributed by atoms with Gasteiger partial charge in [0.05, 0.1) is 0 Å². The number of rotatable bonds is 2. The molecule has 5 rings (SSSR count). The number of fused-ring (bicyclic) bond motifs is 3. The molecule has 0 radical (unpaired) electrons. The molecule has 0 aromatic carbocycles. The van der Waals surface area contributed by atoms with E-state index >= 15 is 0 Å². The van der Waals surface area contributed by atoms with Crippen LogP contribution in [0.15, 0.2) is 12.1 Å². The normalized spacial score (nSPS) is 31.3. The minimum absolute atomic E-state index is 0.826. The number of aryl methyl sites for hydroxylation is 1. The van der Waals surface area contributed by atoms with E-state index in [-0.39, 0.29) is 0 Å². The third kappa shape index (κ3) is 2.23. The van der Waals surface area contributed by atoms with Crippen LogP contribution in [0.4, 0.5) is 5.82 Å². The van der Waals surface area contributed by atoms with Gasteiger partial charge in [0.2, 0.25) is 0 Å². The zero-order chi connectivity index (χ0) is 15.4. The van der Waals surface area contributed by atoms with Gasteiger partial charge in [0.25, 0.3) is 0 Å². The highest BCUT2D eigenvalue weighted by Gasteiger charge is 2.42. The van der Waals surface area contributed by atoms with E-state index in [0.29, 0.717) is 0 Å². The van der Waals surface area contributed by atoms with Gasteiger partial charge in [0.15, 0.2) is 11.5 Å². The molecule has 0 spiro atoms. The van der Waals surface area contributed by atoms with Crippen molar-refractivity contribution in [3.05, 3.63) is 18.0 Å². The highest BCUT2D eigenvalue weighted by atomic mass is 15.4. The molecule has 1 saturated heterocycles. The second kappa shape index (κ2) is 5.16. The van der Waals surface area contributed by atoms with Crippen LogP contribution in [0.1, 0.15) is 31.5 Å². The monoisotopic (exact) mass is 312 g/mol. The molecule has 2 bridgehead atoms. The molecule has 23 heavy (non-hydrogen) atoms. The van der Waals surface area contributed by atoms with Crippen LogP contribution in [0.2, 0.25) is 0 Å². The summed E-state index contributed by atoms with van der Waals surface area (Å²) in [5.41, 5.74) is 0.826. The van der Waals surface area contributed by atoms with Crippen LogP contribution in [0.5, 0.6) is 0 Å². The van der Waals surface area contributed by atoms with Gasteiger partial charge in [-0.3, -0.25) is 4.90 Å². The summed E-state index contributed by atoms with van der Waals surface area (Å²) in [6.45, 7) is 6.45. The van der Waals surface area contributed by atoms with E-state index in [1.165, 1.54) is 38.8 Å². The Morgan fingerprint density at radius 3 is 2.61 bits per heavy atom. The molecule has 3 atom stereocenters. The van der Waals surface area contributed by atoms with Crippen LogP contribution >= 0.6 is 0 Å². The standard InChI is InChI=1S/C17H24N6/c1-12-18-19-16-4-5-17(20-23(12)16)22-8-6-21(7-9-22)15-11-13-2-3-14(15)10-13/h4-5,13-15H,2-3,6-11H2,1H3/t13-,14-,15-/m0/s1. The molecule has 3 fully saturated rings. The van der Waals surface area contributed by atoms with Crippen molar-refractivity contribution in [2.75, 3.05) is 31.1 Å². The van der Waals surface area contributed by atoms with Gasteiger partial charge in [-0.05, 0) is 50.2 Å². The van der Waals surface area contributed by atoms with E-state index in [2.05, 4.69) is 26.1 Å². The predicted octanol–water partition coefficient (Wildman–Crippen LogP) is 1.74. The molecular weight excluding hydrogens is 288 g/mol. The quantitative estimate of drug-likeness (QED) is 0.845. The van der Waals surface area contributed by atoms with Crippen molar-refractivity contribution in [1.29, 1.82) is 0 Å². The second-order valence-corrected chi connectivity index (χ2v) is 7.47. The van der Waals surface area contributed by atoms with Crippen LogP contribution in [-0.2, 0) is 0 Å². The molecule has 122 valence electrons. The molecule has 1 aliphatic heterocycles. The maximum Gasteiger partial charge on any atom is 0.178 e. The van der Waals surface area contributed by atoms with Crippen molar-refractivity contribution >= 4 is 11.5 Å². The highest BCUT2D eigenvalue weighted by Crippen LogP contribution is 2.46. The van der Waals surface area contributed by atoms with Crippen molar-refractivity contribution < 1.29 is 0 Å². The van der Waals surface area contributed by atoms with E-state index in [1.54, 1.807) is 0 Å². The summed E-state index contributed by atoms with van der Waals surface area (Å²) >= 11 is 0. The SMILES string of the molecule is Cc1nnc2ccc(N3CCN([C@H]4C[C@H]5CC[C@H]4C5)CC3)nn12. The third-order valence-corrected chi connectivity index (χ3v) is 6.21. The molecule has 6 heteroatoms. The molecule has 0 amide bonds. The Kier molecular flexibility index (Phi) is 3.08. The largest absolute Gasteiger partial charge is 0.353 e. The first kappa shape index (κ1) is 13.7. The van der Waals surface area contributed by atoms with E-state index in [0.717, 1.165) is 48.3 Å². The van der Waals surface area contributed by atoms with Gasteiger partial charge in [0.1, 0.15) is 5.82 Å². The molecule has 0 unspecified atom stereocenters. The molecule has 2 aliphatic carbocycles. The lowest BCUT2D eigenvalue weighted by Gasteiger charge is -2.41. The molecule has 2 aromatic rings. The van der Waals surface area contributed by atoms with Crippen LogP contribution in [-0.4, -0.2) is 56.9 Å². The van der Waals surface area contributed by atoms with Crippen molar-refractivity contribution in [3.63, 3.8) is 0 Å². The zero-order valence-electron chi connectivity index (χ0n) is 13.7. The first-order chi connectivity index (χ1) is 11.3. The molecular formula is C17H24N6. The number of aromatic nitrogens is 4. The summed E-state index contributed by atoms with van der Waals surface area (Å²) in [4.78, 5) is 5.16. The molecule has 3 heterocycles. The first-order valence-electron chi connectivity index (χ1n) is 8.96. The first-order valence-corrected chi connectivity index (χ1v) is 8.96. The Morgan fingerprint density at radius 2 is 1.87 bits per heavy atom. The Balaban J connectivity index is 1.29. The number of hydrogen-bond acceptors (Lipinski definition) is 5. The summed E-state index contributed by atoms with van der Waals surface area (Å²) in [7, 11) is 0. The fourth-order valence-corrected chi connectivity index (χ4v) is 5.00. The number of piperazine rings is 1. The number of hydrogen-bond donors (Lipinski definition) is 0. The van der Waals surface area contributed by atoms with Gasteiger partial charge >= 0.3 is 0 Å². The van der Waals surface area contributed by atoms with E-state index in [4.69, 9.17) is 5.10 Å². The van der Waals surface area contributed by atoms with Gasteiger partial charge in [-0.15, -0.1) is 15.3 Å². The third-order valence-electron chi connectivity index (χ3n) is 6.21. The summed E-state index contributed by atoms with van der Waals surface area (Å²) < 4.78 is 1.84. The number of anilines is 1. The Labute approximate surface area is 136 Å².